The van der Waals surface area contributed by atoms with Gasteiger partial charge in [-0.15, -0.1) is 0 Å². The Balaban J connectivity index is 2.14. The molecule has 7 heavy (non-hydrogen) atoms. The molecule has 1 aliphatic heterocycles. The van der Waals surface area contributed by atoms with Crippen molar-refractivity contribution in [3.63, 3.8) is 0 Å². The van der Waals surface area contributed by atoms with Crippen molar-refractivity contribution in [3.8, 4) is 0 Å². The highest BCUT2D eigenvalue weighted by molar-refractivity contribution is 7.80. The molecule has 0 saturated carbocycles. The second kappa shape index (κ2) is 2.55. The fourth-order valence-corrected chi connectivity index (χ4v) is 0.723. The lowest BCUT2D eigenvalue weighted by atomic mass is 10.8. The monoisotopic (exact) mass is 120 g/mol. The highest BCUT2D eigenvalue weighted by Gasteiger charge is 2.12. The molecule has 0 amide bonds. The van der Waals surface area contributed by atoms with Crippen LogP contribution in [0.2, 0.25) is 0 Å². The van der Waals surface area contributed by atoms with Crippen molar-refractivity contribution in [2.75, 3.05) is 19.0 Å². The number of ether oxygens (including phenoxy) is 2. The molecule has 2 nitrogen and oxygen atoms in total. The summed E-state index contributed by atoms with van der Waals surface area (Å²) in [5.41, 5.74) is 0. The Morgan fingerprint density at radius 2 is 2.00 bits per heavy atom. The molecule has 1 saturated heterocycles. The van der Waals surface area contributed by atoms with E-state index in [1.807, 2.05) is 0 Å². The van der Waals surface area contributed by atoms with Crippen LogP contribution in [0.4, 0.5) is 0 Å². The third-order valence-corrected chi connectivity index (χ3v) is 1.14. The number of hydrogen-bond acceptors (Lipinski definition) is 3. The molecule has 0 radical (unpaired) electrons. The molecule has 3 heteroatoms. The van der Waals surface area contributed by atoms with Crippen molar-refractivity contribution in [2.45, 2.75) is 6.29 Å². The Kier molecular flexibility index (Phi) is 1.97. The van der Waals surface area contributed by atoms with E-state index >= 15 is 0 Å². The zero-order valence-corrected chi connectivity index (χ0v) is 4.86. The minimum absolute atomic E-state index is 0.0386. The van der Waals surface area contributed by atoms with Gasteiger partial charge in [0.05, 0.1) is 13.2 Å². The van der Waals surface area contributed by atoms with Crippen LogP contribution in [0.5, 0.6) is 0 Å². The molecular formula is C4H8O2S. The Hall–Kier alpha value is 0.270. The van der Waals surface area contributed by atoms with E-state index in [9.17, 15) is 0 Å². The van der Waals surface area contributed by atoms with Gasteiger partial charge >= 0.3 is 0 Å². The third kappa shape index (κ3) is 1.33. The Morgan fingerprint density at radius 1 is 1.43 bits per heavy atom. The number of hydrogen-bond donors (Lipinski definition) is 1. The SMILES string of the molecule is SCC1OCCO1. The Bertz CT molecular complexity index is 51.7. The van der Waals surface area contributed by atoms with Gasteiger partial charge in [0, 0.05) is 5.75 Å². The zero-order chi connectivity index (χ0) is 5.11. The first-order chi connectivity index (χ1) is 3.43. The summed E-state index contributed by atoms with van der Waals surface area (Å²) < 4.78 is 10.0. The van der Waals surface area contributed by atoms with Crippen LogP contribution in [0.25, 0.3) is 0 Å². The molecule has 1 aliphatic rings. The van der Waals surface area contributed by atoms with E-state index in [1.54, 1.807) is 0 Å². The van der Waals surface area contributed by atoms with Crippen molar-refractivity contribution in [1.29, 1.82) is 0 Å². The summed E-state index contributed by atoms with van der Waals surface area (Å²) in [4.78, 5) is 0. The van der Waals surface area contributed by atoms with Gasteiger partial charge in [-0.05, 0) is 0 Å². The molecule has 0 aromatic rings. The second-order valence-corrected chi connectivity index (χ2v) is 1.72. The fourth-order valence-electron chi connectivity index (χ4n) is 0.513. The van der Waals surface area contributed by atoms with Gasteiger partial charge in [-0.25, -0.2) is 0 Å². The smallest absolute Gasteiger partial charge is 0.166 e. The molecule has 0 bridgehead atoms. The number of rotatable bonds is 1. The lowest BCUT2D eigenvalue weighted by Crippen LogP contribution is -2.07. The van der Waals surface area contributed by atoms with Crippen LogP contribution in [0.15, 0.2) is 0 Å². The molecule has 0 aliphatic carbocycles. The van der Waals surface area contributed by atoms with E-state index in [4.69, 9.17) is 9.47 Å². The van der Waals surface area contributed by atoms with Gasteiger partial charge in [0.2, 0.25) is 0 Å². The molecule has 0 N–H and O–H groups in total. The average Bonchev–Trinajstić information content (AvgIpc) is 2.14. The summed E-state index contributed by atoms with van der Waals surface area (Å²) in [5, 5.41) is 0. The molecule has 0 spiro atoms. The van der Waals surface area contributed by atoms with Crippen LogP contribution in [0.1, 0.15) is 0 Å². The lowest BCUT2D eigenvalue weighted by molar-refractivity contribution is -0.0211. The Morgan fingerprint density at radius 3 is 2.29 bits per heavy atom. The minimum Gasteiger partial charge on any atom is -0.349 e. The lowest BCUT2D eigenvalue weighted by Gasteiger charge is -2.00. The van der Waals surface area contributed by atoms with E-state index in [0.717, 1.165) is 13.2 Å². The van der Waals surface area contributed by atoms with Gasteiger partial charge < -0.3 is 9.47 Å². The molecule has 0 atom stereocenters. The minimum atomic E-state index is -0.0386. The summed E-state index contributed by atoms with van der Waals surface area (Å²) >= 11 is 3.97. The molecule has 0 aromatic carbocycles. The van der Waals surface area contributed by atoms with Gasteiger partial charge in [-0.1, -0.05) is 0 Å². The van der Waals surface area contributed by atoms with Crippen molar-refractivity contribution < 1.29 is 9.47 Å². The first kappa shape index (κ1) is 5.41. The van der Waals surface area contributed by atoms with Crippen LogP contribution in [-0.4, -0.2) is 25.3 Å². The standard InChI is InChI=1S/C4H8O2S/c7-3-4-5-1-2-6-4/h4,7H,1-3H2. The fraction of sp³-hybridized carbons (Fsp3) is 1.00. The maximum Gasteiger partial charge on any atom is 0.166 e. The van der Waals surface area contributed by atoms with E-state index in [1.165, 1.54) is 0 Å². The van der Waals surface area contributed by atoms with Crippen molar-refractivity contribution >= 4 is 12.6 Å². The largest absolute Gasteiger partial charge is 0.349 e. The van der Waals surface area contributed by atoms with Crippen molar-refractivity contribution in [1.82, 2.24) is 0 Å². The van der Waals surface area contributed by atoms with E-state index in [-0.39, 0.29) is 6.29 Å². The van der Waals surface area contributed by atoms with Crippen LogP contribution < -0.4 is 0 Å². The highest BCUT2D eigenvalue weighted by Crippen LogP contribution is 2.03. The third-order valence-electron chi connectivity index (χ3n) is 0.840. The molecule has 0 aromatic heterocycles. The van der Waals surface area contributed by atoms with Crippen LogP contribution in [0, 0.1) is 0 Å². The van der Waals surface area contributed by atoms with Crippen molar-refractivity contribution in [2.24, 2.45) is 0 Å². The van der Waals surface area contributed by atoms with Crippen LogP contribution in [-0.2, 0) is 9.47 Å². The van der Waals surface area contributed by atoms with Gasteiger partial charge in [-0.3, -0.25) is 0 Å². The molecule has 0 unspecified atom stereocenters. The maximum absolute atomic E-state index is 5.00. The predicted molar refractivity (Wildman–Crippen MR) is 29.5 cm³/mol. The van der Waals surface area contributed by atoms with E-state index in [2.05, 4.69) is 12.6 Å². The molecule has 1 fully saturated rings. The van der Waals surface area contributed by atoms with E-state index < -0.39 is 0 Å². The Labute approximate surface area is 48.2 Å². The molecule has 42 valence electrons. The molecular weight excluding hydrogens is 112 g/mol. The topological polar surface area (TPSA) is 18.5 Å². The summed E-state index contributed by atoms with van der Waals surface area (Å²) in [6.07, 6.45) is -0.0386. The first-order valence-electron chi connectivity index (χ1n) is 2.27. The summed E-state index contributed by atoms with van der Waals surface area (Å²) in [6.45, 7) is 1.45. The quantitative estimate of drug-likeness (QED) is 0.501. The predicted octanol–water partition coefficient (Wildman–Crippen LogP) is 0.289. The molecule has 1 heterocycles. The van der Waals surface area contributed by atoms with Gasteiger partial charge in [-0.2, -0.15) is 12.6 Å². The maximum atomic E-state index is 5.00. The van der Waals surface area contributed by atoms with E-state index in [0.29, 0.717) is 5.75 Å². The highest BCUT2D eigenvalue weighted by atomic mass is 32.1. The first-order valence-corrected chi connectivity index (χ1v) is 2.91. The average molecular weight is 120 g/mol. The second-order valence-electron chi connectivity index (χ2n) is 1.35. The van der Waals surface area contributed by atoms with Gasteiger partial charge in [0.1, 0.15) is 0 Å². The van der Waals surface area contributed by atoms with Gasteiger partial charge in [0.15, 0.2) is 6.29 Å². The summed E-state index contributed by atoms with van der Waals surface area (Å²) in [5.74, 6) is 0.667. The summed E-state index contributed by atoms with van der Waals surface area (Å²) in [7, 11) is 0. The van der Waals surface area contributed by atoms with Crippen LogP contribution >= 0.6 is 12.6 Å². The number of thiol groups is 1. The zero-order valence-electron chi connectivity index (χ0n) is 3.96. The molecule has 1 rings (SSSR count). The normalized spacial score (nSPS) is 23.6. The summed E-state index contributed by atoms with van der Waals surface area (Å²) in [6, 6.07) is 0. The van der Waals surface area contributed by atoms with Gasteiger partial charge in [0.25, 0.3) is 0 Å². The van der Waals surface area contributed by atoms with Crippen LogP contribution in [0.3, 0.4) is 0 Å². The van der Waals surface area contributed by atoms with Crippen molar-refractivity contribution in [3.05, 3.63) is 0 Å².